The molecule has 3 aromatic carbocycles. The number of aryl methyl sites for hydroxylation is 1. The lowest BCUT2D eigenvalue weighted by molar-refractivity contribution is -0.117. The number of aromatic nitrogens is 3. The molecule has 0 aliphatic heterocycles. The van der Waals surface area contributed by atoms with Crippen LogP contribution in [0.2, 0.25) is 0 Å². The van der Waals surface area contributed by atoms with E-state index in [0.29, 0.717) is 23.3 Å². The van der Waals surface area contributed by atoms with Crippen LogP contribution in [0.3, 0.4) is 0 Å². The number of hydrogen-bond acceptors (Lipinski definition) is 6. The topological polar surface area (TPSA) is 84.0 Å². The molecule has 1 heterocycles. The van der Waals surface area contributed by atoms with Crippen molar-refractivity contribution in [3.05, 3.63) is 84.4 Å². The van der Waals surface area contributed by atoms with Crippen molar-refractivity contribution in [2.24, 2.45) is 0 Å². The van der Waals surface area contributed by atoms with E-state index < -0.39 is 5.25 Å². The summed E-state index contributed by atoms with van der Waals surface area (Å²) in [6.07, 6.45) is 0.246. The second kappa shape index (κ2) is 11.6. The summed E-state index contributed by atoms with van der Waals surface area (Å²) in [5.74, 6) is 1.22. The molecule has 1 amide bonds. The van der Waals surface area contributed by atoms with Crippen LogP contribution in [0.5, 0.6) is 5.75 Å². The molecule has 0 aliphatic rings. The number of anilines is 1. The zero-order valence-electron chi connectivity index (χ0n) is 20.5. The zero-order chi connectivity index (χ0) is 25.5. The molecule has 8 heteroatoms. The van der Waals surface area contributed by atoms with Gasteiger partial charge in [-0.25, -0.2) is 0 Å². The predicted octanol–water partition coefficient (Wildman–Crippen LogP) is 5.68. The average molecular weight is 498 g/mol. The molecular formula is C28H27N5O2S. The Hall–Kier alpha value is -4.09. The molecule has 0 radical (unpaired) electrons. The van der Waals surface area contributed by atoms with Gasteiger partial charge in [-0.3, -0.25) is 9.36 Å². The van der Waals surface area contributed by atoms with Crippen molar-refractivity contribution in [2.45, 2.75) is 30.7 Å². The summed E-state index contributed by atoms with van der Waals surface area (Å²) >= 11 is 1.34. The number of nitrogens with zero attached hydrogens (tertiary/aromatic N) is 5. The van der Waals surface area contributed by atoms with Gasteiger partial charge in [0.25, 0.3) is 0 Å². The first-order valence-electron chi connectivity index (χ1n) is 11.6. The Balaban J connectivity index is 1.72. The molecule has 0 spiro atoms. The fraction of sp³-hybridized carbons (Fsp3) is 0.214. The fourth-order valence-corrected chi connectivity index (χ4v) is 4.77. The normalized spacial score (nSPS) is 11.5. The molecule has 36 heavy (non-hydrogen) atoms. The van der Waals surface area contributed by atoms with Gasteiger partial charge in [-0.15, -0.1) is 10.2 Å². The monoisotopic (exact) mass is 497 g/mol. The maximum atomic E-state index is 13.5. The quantitative estimate of drug-likeness (QED) is 0.277. The molecule has 0 N–H and O–H groups in total. The summed E-state index contributed by atoms with van der Waals surface area (Å²) in [5, 5.41) is 18.2. The minimum Gasteiger partial charge on any atom is -0.496 e. The number of carbonyl (C=O) groups excluding carboxylic acids is 1. The first-order chi connectivity index (χ1) is 17.5. The highest BCUT2D eigenvalue weighted by Gasteiger charge is 2.27. The molecule has 0 bridgehead atoms. The molecule has 0 fully saturated rings. The van der Waals surface area contributed by atoms with Gasteiger partial charge in [0, 0.05) is 17.9 Å². The van der Waals surface area contributed by atoms with Gasteiger partial charge in [-0.1, -0.05) is 59.8 Å². The summed E-state index contributed by atoms with van der Waals surface area (Å²) in [4.78, 5) is 15.2. The van der Waals surface area contributed by atoms with Crippen LogP contribution in [0.1, 0.15) is 18.9 Å². The minimum atomic E-state index is -0.470. The van der Waals surface area contributed by atoms with E-state index in [2.05, 4.69) is 16.3 Å². The van der Waals surface area contributed by atoms with Crippen LogP contribution in [0.4, 0.5) is 5.69 Å². The lowest BCUT2D eigenvalue weighted by atomic mass is 10.1. The summed E-state index contributed by atoms with van der Waals surface area (Å²) in [6.45, 7) is 4.21. The maximum absolute atomic E-state index is 13.5. The lowest BCUT2D eigenvalue weighted by Crippen LogP contribution is -2.37. The summed E-state index contributed by atoms with van der Waals surface area (Å²) in [7, 11) is 1.63. The van der Waals surface area contributed by atoms with Gasteiger partial charge in [0.1, 0.15) is 5.75 Å². The zero-order valence-corrected chi connectivity index (χ0v) is 21.3. The number of thioether (sulfide) groups is 1. The third-order valence-electron chi connectivity index (χ3n) is 5.68. The van der Waals surface area contributed by atoms with E-state index in [1.807, 2.05) is 97.3 Å². The van der Waals surface area contributed by atoms with Crippen LogP contribution in [0, 0.1) is 18.3 Å². The molecule has 0 saturated heterocycles. The van der Waals surface area contributed by atoms with Crippen molar-refractivity contribution in [1.82, 2.24) is 14.8 Å². The number of para-hydroxylation sites is 2. The minimum absolute atomic E-state index is 0.0984. The molecular weight excluding hydrogens is 470 g/mol. The predicted molar refractivity (Wildman–Crippen MR) is 142 cm³/mol. The van der Waals surface area contributed by atoms with Crippen molar-refractivity contribution in [2.75, 3.05) is 18.6 Å². The lowest BCUT2D eigenvalue weighted by Gasteiger charge is -2.25. The molecule has 7 nitrogen and oxygen atoms in total. The Morgan fingerprint density at radius 2 is 1.75 bits per heavy atom. The van der Waals surface area contributed by atoms with Crippen molar-refractivity contribution in [3.8, 4) is 28.9 Å². The molecule has 1 aromatic heterocycles. The fourth-order valence-electron chi connectivity index (χ4n) is 3.84. The van der Waals surface area contributed by atoms with Gasteiger partial charge in [-0.05, 0) is 50.2 Å². The Labute approximate surface area is 215 Å². The number of benzene rings is 3. The van der Waals surface area contributed by atoms with Gasteiger partial charge in [-0.2, -0.15) is 5.26 Å². The van der Waals surface area contributed by atoms with E-state index in [0.717, 1.165) is 22.5 Å². The molecule has 1 unspecified atom stereocenters. The van der Waals surface area contributed by atoms with Crippen molar-refractivity contribution in [1.29, 1.82) is 5.26 Å². The van der Waals surface area contributed by atoms with Crippen LogP contribution in [-0.2, 0) is 4.79 Å². The number of amides is 1. The Bertz CT molecular complexity index is 1360. The van der Waals surface area contributed by atoms with Gasteiger partial charge < -0.3 is 9.64 Å². The molecule has 4 aromatic rings. The van der Waals surface area contributed by atoms with Gasteiger partial charge >= 0.3 is 0 Å². The highest BCUT2D eigenvalue weighted by molar-refractivity contribution is 8.00. The molecule has 4 rings (SSSR count). The third kappa shape index (κ3) is 5.42. The second-order valence-corrected chi connectivity index (χ2v) is 9.48. The number of rotatable bonds is 9. The van der Waals surface area contributed by atoms with Crippen molar-refractivity contribution in [3.63, 3.8) is 0 Å². The first-order valence-corrected chi connectivity index (χ1v) is 12.5. The second-order valence-electron chi connectivity index (χ2n) is 8.17. The van der Waals surface area contributed by atoms with Crippen LogP contribution in [0.25, 0.3) is 17.1 Å². The smallest absolute Gasteiger partial charge is 0.240 e. The van der Waals surface area contributed by atoms with Gasteiger partial charge in [0.2, 0.25) is 5.91 Å². The largest absolute Gasteiger partial charge is 0.496 e. The number of methoxy groups -OCH3 is 1. The number of hydrogen-bond donors (Lipinski definition) is 0. The van der Waals surface area contributed by atoms with Crippen molar-refractivity contribution >= 4 is 23.4 Å². The van der Waals surface area contributed by atoms with E-state index >= 15 is 0 Å². The number of carbonyl (C=O) groups is 1. The Morgan fingerprint density at radius 1 is 1.06 bits per heavy atom. The molecule has 1 atom stereocenters. The number of nitriles is 1. The summed E-state index contributed by atoms with van der Waals surface area (Å²) in [6, 6.07) is 27.3. The van der Waals surface area contributed by atoms with Gasteiger partial charge in [0.05, 0.1) is 30.4 Å². The maximum Gasteiger partial charge on any atom is 0.240 e. The van der Waals surface area contributed by atoms with E-state index in [-0.39, 0.29) is 12.3 Å². The highest BCUT2D eigenvalue weighted by Crippen LogP contribution is 2.35. The van der Waals surface area contributed by atoms with Gasteiger partial charge in [0.15, 0.2) is 11.0 Å². The molecule has 0 aliphatic carbocycles. The average Bonchev–Trinajstić information content (AvgIpc) is 3.32. The third-order valence-corrected chi connectivity index (χ3v) is 6.71. The summed E-state index contributed by atoms with van der Waals surface area (Å²) in [5.41, 5.74) is 3.59. The van der Waals surface area contributed by atoms with Crippen LogP contribution < -0.4 is 9.64 Å². The van der Waals surface area contributed by atoms with E-state index in [1.165, 1.54) is 11.8 Å². The summed E-state index contributed by atoms with van der Waals surface area (Å²) < 4.78 is 7.53. The van der Waals surface area contributed by atoms with Crippen LogP contribution in [-0.4, -0.2) is 39.6 Å². The van der Waals surface area contributed by atoms with Crippen molar-refractivity contribution < 1.29 is 9.53 Å². The Kier molecular flexibility index (Phi) is 8.03. The SMILES string of the molecule is COc1ccccc1-c1nnc(SC(C)C(=O)N(CCC#N)c2ccccc2)n1-c1ccc(C)cc1. The highest BCUT2D eigenvalue weighted by atomic mass is 32.2. The van der Waals surface area contributed by atoms with E-state index in [9.17, 15) is 4.79 Å². The van der Waals surface area contributed by atoms with Crippen LogP contribution in [0.15, 0.2) is 84.0 Å². The Morgan fingerprint density at radius 3 is 2.44 bits per heavy atom. The number of ether oxygens (including phenoxy) is 1. The first kappa shape index (κ1) is 25.0. The van der Waals surface area contributed by atoms with E-state index in [4.69, 9.17) is 10.00 Å². The standard InChI is InChI=1S/C28H27N5O2S/c1-20-14-16-23(17-15-20)33-26(24-12-7-8-13-25(24)35-3)30-31-28(33)36-21(2)27(34)32(19-9-18-29)22-10-5-4-6-11-22/h4-8,10-17,21H,9,19H2,1-3H3. The molecule has 182 valence electrons. The van der Waals surface area contributed by atoms with Crippen LogP contribution >= 0.6 is 11.8 Å². The molecule has 0 saturated carbocycles. The van der Waals surface area contributed by atoms with E-state index in [1.54, 1.807) is 12.0 Å².